The minimum atomic E-state index is -0.310. The van der Waals surface area contributed by atoms with Gasteiger partial charge in [0.25, 0.3) is 0 Å². The summed E-state index contributed by atoms with van der Waals surface area (Å²) in [7, 11) is 0. The van der Waals surface area contributed by atoms with Gasteiger partial charge < -0.3 is 10.5 Å². The van der Waals surface area contributed by atoms with Crippen molar-refractivity contribution in [1.29, 1.82) is 0 Å². The number of pyridine rings is 1. The molecule has 0 bridgehead atoms. The number of anilines is 1. The van der Waals surface area contributed by atoms with Crippen molar-refractivity contribution in [2.75, 3.05) is 5.73 Å². The van der Waals surface area contributed by atoms with E-state index >= 15 is 0 Å². The maximum atomic E-state index is 13.4. The monoisotopic (exact) mass is 296 g/mol. The summed E-state index contributed by atoms with van der Waals surface area (Å²) in [4.78, 5) is 3.88. The van der Waals surface area contributed by atoms with Crippen molar-refractivity contribution in [1.82, 2.24) is 4.98 Å². The lowest BCUT2D eigenvalue weighted by molar-refractivity contribution is 0.300. The second kappa shape index (κ2) is 5.14. The molecule has 0 fully saturated rings. The van der Waals surface area contributed by atoms with Crippen LogP contribution in [0.25, 0.3) is 0 Å². The van der Waals surface area contributed by atoms with Crippen LogP contribution >= 0.6 is 15.9 Å². The normalized spacial score (nSPS) is 10.2. The molecule has 0 aliphatic heterocycles. The van der Waals surface area contributed by atoms with E-state index < -0.39 is 0 Å². The number of nitrogen functional groups attached to an aromatic ring is 1. The highest BCUT2D eigenvalue weighted by Crippen LogP contribution is 2.21. The Labute approximate surface area is 107 Å². The van der Waals surface area contributed by atoms with Gasteiger partial charge in [-0.15, -0.1) is 0 Å². The van der Waals surface area contributed by atoms with E-state index in [2.05, 4.69) is 20.9 Å². The molecule has 1 aromatic heterocycles. The molecule has 0 radical (unpaired) electrons. The van der Waals surface area contributed by atoms with Crippen LogP contribution in [0.4, 0.5) is 10.2 Å². The number of rotatable bonds is 3. The van der Waals surface area contributed by atoms with E-state index in [1.165, 1.54) is 6.07 Å². The van der Waals surface area contributed by atoms with Crippen molar-refractivity contribution >= 4 is 21.7 Å². The van der Waals surface area contributed by atoms with Gasteiger partial charge in [-0.05, 0) is 30.3 Å². The predicted octanol–water partition coefficient (Wildman–Crippen LogP) is 3.14. The highest BCUT2D eigenvalue weighted by atomic mass is 79.9. The zero-order valence-electron chi connectivity index (χ0n) is 8.86. The second-order valence-corrected chi connectivity index (χ2v) is 4.33. The maximum Gasteiger partial charge on any atom is 0.166 e. The molecule has 2 N–H and O–H groups in total. The van der Waals surface area contributed by atoms with Crippen LogP contribution in [-0.4, -0.2) is 4.98 Å². The molecular weight excluding hydrogens is 287 g/mol. The van der Waals surface area contributed by atoms with Crippen molar-refractivity contribution in [3.8, 4) is 5.75 Å². The first-order valence-electron chi connectivity index (χ1n) is 4.94. The van der Waals surface area contributed by atoms with Crippen LogP contribution in [0.3, 0.4) is 0 Å². The van der Waals surface area contributed by atoms with Crippen LogP contribution in [0.2, 0.25) is 0 Å². The first-order valence-corrected chi connectivity index (χ1v) is 5.73. The summed E-state index contributed by atoms with van der Waals surface area (Å²) in [5.41, 5.74) is 6.07. The van der Waals surface area contributed by atoms with Crippen LogP contribution in [-0.2, 0) is 6.61 Å². The summed E-state index contributed by atoms with van der Waals surface area (Å²) < 4.78 is 19.6. The molecule has 0 amide bonds. The van der Waals surface area contributed by atoms with Crippen molar-refractivity contribution < 1.29 is 9.13 Å². The summed E-state index contributed by atoms with van der Waals surface area (Å²) >= 11 is 3.28. The minimum Gasteiger partial charge on any atom is -0.485 e. The van der Waals surface area contributed by atoms with Crippen molar-refractivity contribution in [3.63, 3.8) is 0 Å². The Balaban J connectivity index is 2.12. The lowest BCUT2D eigenvalue weighted by Gasteiger charge is -2.08. The Morgan fingerprint density at radius 2 is 2.18 bits per heavy atom. The van der Waals surface area contributed by atoms with Gasteiger partial charge in [0, 0.05) is 16.2 Å². The molecule has 1 heterocycles. The third-order valence-corrected chi connectivity index (χ3v) is 2.68. The van der Waals surface area contributed by atoms with Crippen LogP contribution in [0, 0.1) is 5.82 Å². The zero-order chi connectivity index (χ0) is 12.3. The highest BCUT2D eigenvalue weighted by molar-refractivity contribution is 9.10. The Morgan fingerprint density at radius 1 is 1.35 bits per heavy atom. The molecule has 2 rings (SSSR count). The fraction of sp³-hybridized carbons (Fsp3) is 0.0833. The first kappa shape index (κ1) is 11.9. The van der Waals surface area contributed by atoms with Crippen LogP contribution in [0.1, 0.15) is 5.56 Å². The first-order chi connectivity index (χ1) is 8.16. The molecule has 0 atom stereocenters. The molecule has 3 nitrogen and oxygen atoms in total. The Kier molecular flexibility index (Phi) is 3.58. The lowest BCUT2D eigenvalue weighted by Crippen LogP contribution is -2.01. The molecular formula is C12H10BrFN2O. The van der Waals surface area contributed by atoms with E-state index in [1.54, 1.807) is 30.5 Å². The van der Waals surface area contributed by atoms with Crippen LogP contribution in [0.15, 0.2) is 41.0 Å². The third-order valence-electron chi connectivity index (χ3n) is 2.19. The predicted molar refractivity (Wildman–Crippen MR) is 67.1 cm³/mol. The molecule has 0 aliphatic rings. The topological polar surface area (TPSA) is 48.1 Å². The molecule has 5 heteroatoms. The van der Waals surface area contributed by atoms with E-state index in [0.717, 1.165) is 4.47 Å². The smallest absolute Gasteiger partial charge is 0.166 e. The van der Waals surface area contributed by atoms with Gasteiger partial charge in [-0.1, -0.05) is 15.9 Å². The van der Waals surface area contributed by atoms with Gasteiger partial charge >= 0.3 is 0 Å². The Morgan fingerprint density at radius 3 is 2.94 bits per heavy atom. The SMILES string of the molecule is Nc1ncccc1OCc1cc(Br)ccc1F. The standard InChI is InChI=1S/C12H10BrFN2O/c13-9-3-4-10(14)8(6-9)7-17-11-2-1-5-16-12(11)15/h1-6H,7H2,(H2,15,16). The van der Waals surface area contributed by atoms with E-state index in [0.29, 0.717) is 17.1 Å². The summed E-state index contributed by atoms with van der Waals surface area (Å²) in [5, 5.41) is 0. The number of nitrogens with two attached hydrogens (primary N) is 1. The van der Waals surface area contributed by atoms with Crippen LogP contribution in [0.5, 0.6) is 5.75 Å². The van der Waals surface area contributed by atoms with Crippen molar-refractivity contribution in [2.24, 2.45) is 0 Å². The lowest BCUT2D eigenvalue weighted by atomic mass is 10.2. The second-order valence-electron chi connectivity index (χ2n) is 3.41. The van der Waals surface area contributed by atoms with Gasteiger partial charge in [0.2, 0.25) is 0 Å². The Hall–Kier alpha value is -1.62. The number of nitrogens with zero attached hydrogens (tertiary/aromatic N) is 1. The van der Waals surface area contributed by atoms with E-state index in [4.69, 9.17) is 10.5 Å². The average Bonchev–Trinajstić information content (AvgIpc) is 2.32. The number of hydrogen-bond acceptors (Lipinski definition) is 3. The molecule has 1 aromatic carbocycles. The van der Waals surface area contributed by atoms with Gasteiger partial charge in [0.15, 0.2) is 11.6 Å². The Bertz CT molecular complexity index is 534. The molecule has 0 spiro atoms. The average molecular weight is 297 g/mol. The number of aromatic nitrogens is 1. The molecule has 0 saturated heterocycles. The minimum absolute atomic E-state index is 0.112. The van der Waals surface area contributed by atoms with Crippen LogP contribution < -0.4 is 10.5 Å². The zero-order valence-corrected chi connectivity index (χ0v) is 10.4. The molecule has 0 saturated carbocycles. The summed E-state index contributed by atoms with van der Waals surface area (Å²) in [6.07, 6.45) is 1.57. The van der Waals surface area contributed by atoms with Gasteiger partial charge in [-0.2, -0.15) is 0 Å². The van der Waals surface area contributed by atoms with E-state index in [9.17, 15) is 4.39 Å². The highest BCUT2D eigenvalue weighted by Gasteiger charge is 2.05. The fourth-order valence-electron chi connectivity index (χ4n) is 1.33. The van der Waals surface area contributed by atoms with Gasteiger partial charge in [-0.25, -0.2) is 9.37 Å². The van der Waals surface area contributed by atoms with Gasteiger partial charge in [0.1, 0.15) is 12.4 Å². The molecule has 17 heavy (non-hydrogen) atoms. The molecule has 0 unspecified atom stereocenters. The number of ether oxygens (including phenoxy) is 1. The number of halogens is 2. The van der Waals surface area contributed by atoms with E-state index in [1.807, 2.05) is 0 Å². The van der Waals surface area contributed by atoms with E-state index in [-0.39, 0.29) is 12.4 Å². The number of hydrogen-bond donors (Lipinski definition) is 1. The third kappa shape index (κ3) is 2.94. The summed E-state index contributed by atoms with van der Waals surface area (Å²) in [6.45, 7) is 0.112. The summed E-state index contributed by atoms with van der Waals surface area (Å²) in [5.74, 6) is 0.436. The van der Waals surface area contributed by atoms with Crippen molar-refractivity contribution in [3.05, 3.63) is 52.4 Å². The largest absolute Gasteiger partial charge is 0.485 e. The van der Waals surface area contributed by atoms with Gasteiger partial charge in [0.05, 0.1) is 0 Å². The molecule has 2 aromatic rings. The number of benzene rings is 1. The summed E-state index contributed by atoms with van der Waals surface area (Å²) in [6, 6.07) is 8.09. The van der Waals surface area contributed by atoms with Gasteiger partial charge in [-0.3, -0.25) is 0 Å². The maximum absolute atomic E-state index is 13.4. The fourth-order valence-corrected chi connectivity index (χ4v) is 1.74. The molecule has 0 aliphatic carbocycles. The quantitative estimate of drug-likeness (QED) is 0.946. The molecule has 88 valence electrons. The van der Waals surface area contributed by atoms with Crippen molar-refractivity contribution in [2.45, 2.75) is 6.61 Å².